The van der Waals surface area contributed by atoms with Crippen LogP contribution in [0.1, 0.15) is 32.4 Å². The second kappa shape index (κ2) is 8.20. The monoisotopic (exact) mass is 447 g/mol. The molecule has 6 heteroatoms. The summed E-state index contributed by atoms with van der Waals surface area (Å²) in [4.78, 5) is 15.9. The van der Waals surface area contributed by atoms with Gasteiger partial charge in [-0.05, 0) is 60.4 Å². The van der Waals surface area contributed by atoms with Gasteiger partial charge in [-0.15, -0.1) is 11.3 Å². The third-order valence-corrected chi connectivity index (χ3v) is 7.31. The highest BCUT2D eigenvalue weighted by Gasteiger charge is 2.50. The van der Waals surface area contributed by atoms with Gasteiger partial charge in [0.1, 0.15) is 18.5 Å². The van der Waals surface area contributed by atoms with E-state index in [1.807, 2.05) is 24.3 Å². The molecule has 164 valence electrons. The molecule has 3 atom stereocenters. The van der Waals surface area contributed by atoms with Crippen molar-refractivity contribution in [1.29, 1.82) is 0 Å². The van der Waals surface area contributed by atoms with E-state index < -0.39 is 17.4 Å². The second-order valence-electron chi connectivity index (χ2n) is 8.47. The summed E-state index contributed by atoms with van der Waals surface area (Å²) in [5, 5.41) is 21.8. The smallest absolute Gasteiger partial charge is 0.233 e. The van der Waals surface area contributed by atoms with E-state index in [0.717, 1.165) is 28.8 Å². The number of benzene rings is 2. The van der Waals surface area contributed by atoms with Gasteiger partial charge >= 0.3 is 0 Å². The Morgan fingerprint density at radius 1 is 1.19 bits per heavy atom. The topological polar surface area (TPSA) is 78.8 Å². The van der Waals surface area contributed by atoms with Gasteiger partial charge in [-0.3, -0.25) is 4.79 Å². The fourth-order valence-corrected chi connectivity index (χ4v) is 5.85. The molecule has 32 heavy (non-hydrogen) atoms. The van der Waals surface area contributed by atoms with Gasteiger partial charge in [0, 0.05) is 20.9 Å². The highest BCUT2D eigenvalue weighted by atomic mass is 32.1. The van der Waals surface area contributed by atoms with Gasteiger partial charge in [0.15, 0.2) is 0 Å². The van der Waals surface area contributed by atoms with Gasteiger partial charge in [-0.25, -0.2) is 0 Å². The largest absolute Gasteiger partial charge is 0.491 e. The zero-order valence-corrected chi connectivity index (χ0v) is 18.6. The number of rotatable bonds is 7. The molecule has 3 unspecified atom stereocenters. The summed E-state index contributed by atoms with van der Waals surface area (Å²) in [6, 6.07) is 18.1. The molecular weight excluding hydrogens is 422 g/mol. The average molecular weight is 448 g/mol. The Hall–Kier alpha value is -2.93. The molecule has 0 bridgehead atoms. The number of aliphatic hydroxyl groups is 2. The molecule has 0 spiro atoms. The first-order valence-electron chi connectivity index (χ1n) is 10.7. The number of carbonyl (C=O) groups is 1. The fourth-order valence-electron chi connectivity index (χ4n) is 4.86. The lowest BCUT2D eigenvalue weighted by Gasteiger charge is -2.34. The molecule has 1 aromatic heterocycles. The first-order valence-corrected chi connectivity index (χ1v) is 11.5. The number of aliphatic hydroxyl groups excluding tert-OH is 2. The van der Waals surface area contributed by atoms with Crippen molar-refractivity contribution in [3.8, 4) is 5.75 Å². The lowest BCUT2D eigenvalue weighted by atomic mass is 9.67. The van der Waals surface area contributed by atoms with Crippen LogP contribution in [-0.4, -0.2) is 35.4 Å². The zero-order chi connectivity index (χ0) is 22.3. The van der Waals surface area contributed by atoms with E-state index in [1.165, 1.54) is 9.75 Å². The molecule has 0 saturated carbocycles. The summed E-state index contributed by atoms with van der Waals surface area (Å²) in [6.45, 7) is 1.73. The molecule has 0 saturated heterocycles. The number of aryl methyl sites for hydroxylation is 1. The Balaban J connectivity index is 1.59. The summed E-state index contributed by atoms with van der Waals surface area (Å²) in [5.41, 5.74) is 3.46. The molecule has 3 aromatic rings. The maximum Gasteiger partial charge on any atom is 0.233 e. The van der Waals surface area contributed by atoms with Gasteiger partial charge in [0.05, 0.1) is 12.5 Å². The number of nitrogens with one attached hydrogen (secondary N) is 1. The second-order valence-corrected chi connectivity index (χ2v) is 9.84. The van der Waals surface area contributed by atoms with Crippen LogP contribution in [-0.2, 0) is 16.6 Å². The van der Waals surface area contributed by atoms with Gasteiger partial charge in [-0.1, -0.05) is 36.4 Å². The van der Waals surface area contributed by atoms with Crippen LogP contribution in [0.25, 0.3) is 6.08 Å². The van der Waals surface area contributed by atoms with Crippen molar-refractivity contribution in [1.82, 2.24) is 0 Å². The van der Waals surface area contributed by atoms with Crippen molar-refractivity contribution in [2.24, 2.45) is 0 Å². The Labute approximate surface area is 191 Å². The van der Waals surface area contributed by atoms with Crippen molar-refractivity contribution in [2.45, 2.75) is 30.8 Å². The Kier molecular flexibility index (Phi) is 5.37. The lowest BCUT2D eigenvalue weighted by Crippen LogP contribution is -2.36. The lowest BCUT2D eigenvalue weighted by molar-refractivity contribution is -0.118. The van der Waals surface area contributed by atoms with E-state index in [2.05, 4.69) is 48.7 Å². The van der Waals surface area contributed by atoms with Crippen molar-refractivity contribution in [3.63, 3.8) is 0 Å². The van der Waals surface area contributed by atoms with Gasteiger partial charge in [-0.2, -0.15) is 0 Å². The highest BCUT2D eigenvalue weighted by Crippen LogP contribution is 2.53. The molecule has 3 N–H and O–H groups in total. The summed E-state index contributed by atoms with van der Waals surface area (Å²) in [7, 11) is 0. The molecule has 2 aromatic carbocycles. The Morgan fingerprint density at radius 2 is 2.03 bits per heavy atom. The molecule has 2 heterocycles. The van der Waals surface area contributed by atoms with Crippen LogP contribution in [0.3, 0.4) is 0 Å². The minimum absolute atomic E-state index is 0.0102. The maximum atomic E-state index is 13.4. The van der Waals surface area contributed by atoms with Gasteiger partial charge in [0.2, 0.25) is 5.91 Å². The molecule has 0 fully saturated rings. The highest BCUT2D eigenvalue weighted by molar-refractivity contribution is 7.11. The molecule has 5 nitrogen and oxygen atoms in total. The van der Waals surface area contributed by atoms with Gasteiger partial charge in [0.25, 0.3) is 0 Å². The molecule has 0 radical (unpaired) electrons. The number of hydrogen-bond acceptors (Lipinski definition) is 5. The summed E-state index contributed by atoms with van der Waals surface area (Å²) >= 11 is 1.76. The van der Waals surface area contributed by atoms with Crippen molar-refractivity contribution < 1.29 is 19.7 Å². The third-order valence-electron chi connectivity index (χ3n) is 6.31. The zero-order valence-electron chi connectivity index (χ0n) is 17.7. The number of anilines is 1. The Morgan fingerprint density at radius 3 is 2.81 bits per heavy atom. The SMILES string of the molecule is Cc1ccc(CC2(C3C(=O)Nc4ccc(OCC(O)CO)cc43)C=Cc3ccccc32)s1. The molecular formula is C26H25NO4S. The van der Waals surface area contributed by atoms with Crippen molar-refractivity contribution in [2.75, 3.05) is 18.5 Å². The number of thiophene rings is 1. The minimum Gasteiger partial charge on any atom is -0.491 e. The number of carbonyl (C=O) groups excluding carboxylic acids is 1. The van der Waals surface area contributed by atoms with E-state index in [4.69, 9.17) is 9.84 Å². The van der Waals surface area contributed by atoms with Crippen LogP contribution >= 0.6 is 11.3 Å². The van der Waals surface area contributed by atoms with Crippen LogP contribution in [0.4, 0.5) is 5.69 Å². The van der Waals surface area contributed by atoms with Crippen molar-refractivity contribution >= 4 is 29.0 Å². The standard InChI is InChI=1S/C26H25NO4S/c1-16-6-8-20(32-16)13-26(11-10-17-4-2-3-5-22(17)26)24-21-12-19(31-15-18(29)14-28)7-9-23(21)27-25(24)30/h2-12,18,24,28-29H,13-15H2,1H3,(H,27,30). The average Bonchev–Trinajstić information content (AvgIpc) is 3.47. The summed E-state index contributed by atoms with van der Waals surface area (Å²) < 4.78 is 5.69. The predicted molar refractivity (Wildman–Crippen MR) is 126 cm³/mol. The van der Waals surface area contributed by atoms with E-state index in [9.17, 15) is 9.90 Å². The number of allylic oxidation sites excluding steroid dienone is 1. The first-order chi connectivity index (χ1) is 15.5. The quantitative estimate of drug-likeness (QED) is 0.511. The van der Waals surface area contributed by atoms with E-state index in [0.29, 0.717) is 5.75 Å². The van der Waals surface area contributed by atoms with E-state index in [1.54, 1.807) is 17.4 Å². The molecule has 1 amide bonds. The van der Waals surface area contributed by atoms with E-state index >= 15 is 0 Å². The third kappa shape index (κ3) is 3.54. The number of fused-ring (bicyclic) bond motifs is 2. The summed E-state index contributed by atoms with van der Waals surface area (Å²) in [6.07, 6.45) is 4.09. The number of ether oxygens (including phenoxy) is 1. The number of hydrogen-bond donors (Lipinski definition) is 3. The molecule has 1 aliphatic heterocycles. The van der Waals surface area contributed by atoms with Crippen LogP contribution in [0.2, 0.25) is 0 Å². The van der Waals surface area contributed by atoms with Gasteiger partial charge < -0.3 is 20.3 Å². The van der Waals surface area contributed by atoms with E-state index in [-0.39, 0.29) is 19.1 Å². The molecule has 2 aliphatic rings. The van der Waals surface area contributed by atoms with Crippen LogP contribution < -0.4 is 10.1 Å². The normalized spacial score (nSPS) is 21.8. The molecule has 5 rings (SSSR count). The van der Waals surface area contributed by atoms with Crippen molar-refractivity contribution in [3.05, 3.63) is 87.1 Å². The summed E-state index contributed by atoms with van der Waals surface area (Å²) in [5.74, 6) is 0.128. The molecule has 1 aliphatic carbocycles. The number of amides is 1. The minimum atomic E-state index is -0.947. The van der Waals surface area contributed by atoms with Crippen LogP contribution in [0.5, 0.6) is 5.75 Å². The van der Waals surface area contributed by atoms with Crippen LogP contribution in [0, 0.1) is 6.92 Å². The van der Waals surface area contributed by atoms with Crippen LogP contribution in [0.15, 0.2) is 60.7 Å². The Bertz CT molecular complexity index is 1200. The fraction of sp³-hybridized carbons (Fsp3) is 0.269. The predicted octanol–water partition coefficient (Wildman–Crippen LogP) is 4.03. The maximum absolute atomic E-state index is 13.4. The first kappa shape index (κ1) is 20.9.